The third-order valence-electron chi connectivity index (χ3n) is 7.29. The molecule has 0 aliphatic heterocycles. The van der Waals surface area contributed by atoms with Gasteiger partial charge in [-0.15, -0.1) is 0 Å². The molecule has 0 heterocycles. The van der Waals surface area contributed by atoms with Crippen molar-refractivity contribution in [3.8, 4) is 0 Å². The molecule has 0 spiro atoms. The zero-order valence-electron chi connectivity index (χ0n) is 19.7. The highest BCUT2D eigenvalue weighted by Gasteiger charge is 2.42. The lowest BCUT2D eigenvalue weighted by molar-refractivity contribution is -0.241. The number of benzene rings is 1. The Bertz CT molecular complexity index is 707. The number of rotatable bonds is 12. The van der Waals surface area contributed by atoms with Crippen molar-refractivity contribution in [2.45, 2.75) is 96.2 Å². The summed E-state index contributed by atoms with van der Waals surface area (Å²) in [6.07, 6.45) is 9.76. The van der Waals surface area contributed by atoms with E-state index in [0.717, 1.165) is 32.1 Å². The number of ether oxygens (including phenoxy) is 2. The summed E-state index contributed by atoms with van der Waals surface area (Å²) in [5.74, 6) is -10.9. The van der Waals surface area contributed by atoms with Gasteiger partial charge in [-0.1, -0.05) is 51.9 Å². The molecule has 1 fully saturated rings. The number of methoxy groups -OCH3 is 2. The normalized spacial score (nSPS) is 20.5. The highest BCUT2D eigenvalue weighted by Crippen LogP contribution is 2.46. The van der Waals surface area contributed by atoms with Crippen molar-refractivity contribution in [3.05, 3.63) is 34.6 Å². The van der Waals surface area contributed by atoms with E-state index in [4.69, 9.17) is 9.47 Å². The summed E-state index contributed by atoms with van der Waals surface area (Å²) in [6.45, 7) is 4.03. The maximum Gasteiger partial charge on any atom is 0.200 e. The minimum absolute atomic E-state index is 0.00994. The van der Waals surface area contributed by atoms with Crippen LogP contribution in [0.25, 0.3) is 0 Å². The van der Waals surface area contributed by atoms with E-state index in [1.165, 1.54) is 19.3 Å². The molecule has 184 valence electrons. The van der Waals surface area contributed by atoms with Gasteiger partial charge >= 0.3 is 0 Å². The maximum absolute atomic E-state index is 14.5. The van der Waals surface area contributed by atoms with Crippen LogP contribution >= 0.6 is 0 Å². The molecule has 2 nitrogen and oxygen atoms in total. The van der Waals surface area contributed by atoms with Crippen LogP contribution in [-0.2, 0) is 9.47 Å². The SMILES string of the molecule is CCCCCCCCC(C1CCCC(c2c(F)c(F)c(F)c(F)c2F)C1)C(C)(OC)OC. The summed E-state index contributed by atoms with van der Waals surface area (Å²) >= 11 is 0. The molecule has 1 aromatic carbocycles. The van der Waals surface area contributed by atoms with Crippen LogP contribution in [0.1, 0.15) is 96.0 Å². The molecule has 3 atom stereocenters. The zero-order valence-corrected chi connectivity index (χ0v) is 19.7. The lowest BCUT2D eigenvalue weighted by Gasteiger charge is -2.43. The van der Waals surface area contributed by atoms with Gasteiger partial charge in [-0.2, -0.15) is 0 Å². The Balaban J connectivity index is 2.23. The van der Waals surface area contributed by atoms with Crippen molar-refractivity contribution in [3.63, 3.8) is 0 Å². The van der Waals surface area contributed by atoms with Crippen LogP contribution in [0.2, 0.25) is 0 Å². The van der Waals surface area contributed by atoms with E-state index in [1.54, 1.807) is 14.2 Å². The van der Waals surface area contributed by atoms with Gasteiger partial charge in [-0.05, 0) is 44.4 Å². The zero-order chi connectivity index (χ0) is 23.9. The molecule has 3 unspecified atom stereocenters. The number of unbranched alkanes of at least 4 members (excludes halogenated alkanes) is 5. The minimum atomic E-state index is -2.11. The van der Waals surface area contributed by atoms with Gasteiger partial charge in [0.15, 0.2) is 29.1 Å². The molecule has 0 aromatic heterocycles. The van der Waals surface area contributed by atoms with Crippen LogP contribution in [0.3, 0.4) is 0 Å². The summed E-state index contributed by atoms with van der Waals surface area (Å²) < 4.78 is 81.4. The molecule has 1 saturated carbocycles. The number of hydrogen-bond donors (Lipinski definition) is 0. The first-order chi connectivity index (χ1) is 15.2. The van der Waals surface area contributed by atoms with Gasteiger partial charge in [0.1, 0.15) is 0 Å². The number of halogens is 5. The van der Waals surface area contributed by atoms with Crippen molar-refractivity contribution in [1.82, 2.24) is 0 Å². The molecule has 0 radical (unpaired) electrons. The second-order valence-electron chi connectivity index (χ2n) is 9.19. The molecule has 2 rings (SSSR count). The Morgan fingerprint density at radius 3 is 1.91 bits per heavy atom. The van der Waals surface area contributed by atoms with Crippen molar-refractivity contribution in [2.75, 3.05) is 14.2 Å². The number of hydrogen-bond acceptors (Lipinski definition) is 2. The van der Waals surface area contributed by atoms with Crippen LogP contribution in [0.5, 0.6) is 0 Å². The summed E-state index contributed by atoms with van der Waals surface area (Å²) in [7, 11) is 3.14. The summed E-state index contributed by atoms with van der Waals surface area (Å²) in [5, 5.41) is 0. The Morgan fingerprint density at radius 1 is 0.812 bits per heavy atom. The summed E-state index contributed by atoms with van der Waals surface area (Å²) in [4.78, 5) is 0. The minimum Gasteiger partial charge on any atom is -0.353 e. The van der Waals surface area contributed by atoms with E-state index in [-0.39, 0.29) is 11.8 Å². The topological polar surface area (TPSA) is 18.5 Å². The molecule has 32 heavy (non-hydrogen) atoms. The average molecular weight is 465 g/mol. The predicted octanol–water partition coefficient (Wildman–Crippen LogP) is 8.03. The molecule has 7 heteroatoms. The van der Waals surface area contributed by atoms with Crippen LogP contribution in [-0.4, -0.2) is 20.0 Å². The van der Waals surface area contributed by atoms with Gasteiger partial charge in [-0.25, -0.2) is 22.0 Å². The van der Waals surface area contributed by atoms with Gasteiger partial charge in [-0.3, -0.25) is 0 Å². The lowest BCUT2D eigenvalue weighted by atomic mass is 9.69. The highest BCUT2D eigenvalue weighted by atomic mass is 19.2. The van der Waals surface area contributed by atoms with Gasteiger partial charge < -0.3 is 9.47 Å². The summed E-state index contributed by atoms with van der Waals surface area (Å²) in [6, 6.07) is 0. The lowest BCUT2D eigenvalue weighted by Crippen LogP contribution is -2.44. The first-order valence-corrected chi connectivity index (χ1v) is 11.8. The standard InChI is InChI=1S/C25H37F5O2/c1-5-6-7-8-9-10-14-18(25(2,31-3)32-4)16-12-11-13-17(15-16)19-20(26)22(28)24(30)23(29)21(19)27/h16-18H,5-15H2,1-4H3. The smallest absolute Gasteiger partial charge is 0.200 e. The fourth-order valence-corrected chi connectivity index (χ4v) is 5.29. The molecule has 1 aliphatic carbocycles. The van der Waals surface area contributed by atoms with Gasteiger partial charge in [0.05, 0.1) is 0 Å². The van der Waals surface area contributed by atoms with E-state index >= 15 is 0 Å². The van der Waals surface area contributed by atoms with Crippen LogP contribution in [0.15, 0.2) is 0 Å². The Hall–Kier alpha value is -1.21. The molecule has 0 bridgehead atoms. The first-order valence-electron chi connectivity index (χ1n) is 11.8. The van der Waals surface area contributed by atoms with Gasteiger partial charge in [0, 0.05) is 25.7 Å². The van der Waals surface area contributed by atoms with Crippen LogP contribution in [0, 0.1) is 40.9 Å². The average Bonchev–Trinajstić information content (AvgIpc) is 2.81. The molecular weight excluding hydrogens is 427 g/mol. The molecule has 0 amide bonds. The third kappa shape index (κ3) is 6.02. The Labute approximate surface area is 188 Å². The molecule has 1 aliphatic rings. The third-order valence-corrected chi connectivity index (χ3v) is 7.29. The van der Waals surface area contributed by atoms with Crippen molar-refractivity contribution in [1.29, 1.82) is 0 Å². The van der Waals surface area contributed by atoms with Crippen LogP contribution < -0.4 is 0 Å². The van der Waals surface area contributed by atoms with Gasteiger partial charge in [0.25, 0.3) is 0 Å². The second kappa shape index (κ2) is 12.3. The van der Waals surface area contributed by atoms with E-state index in [1.807, 2.05) is 6.92 Å². The molecule has 1 aromatic rings. The van der Waals surface area contributed by atoms with E-state index in [0.29, 0.717) is 19.3 Å². The van der Waals surface area contributed by atoms with Crippen LogP contribution in [0.4, 0.5) is 22.0 Å². The Kier molecular flexibility index (Phi) is 10.4. The van der Waals surface area contributed by atoms with Crippen molar-refractivity contribution >= 4 is 0 Å². The van der Waals surface area contributed by atoms with E-state index in [2.05, 4.69) is 6.92 Å². The molecular formula is C25H37F5O2. The van der Waals surface area contributed by atoms with Crippen molar-refractivity contribution in [2.24, 2.45) is 11.8 Å². The maximum atomic E-state index is 14.5. The predicted molar refractivity (Wildman–Crippen MR) is 115 cm³/mol. The fraction of sp³-hybridized carbons (Fsp3) is 0.760. The van der Waals surface area contributed by atoms with Crippen molar-refractivity contribution < 1.29 is 31.4 Å². The molecule has 0 N–H and O–H groups in total. The first kappa shape index (κ1) is 27.0. The fourth-order valence-electron chi connectivity index (χ4n) is 5.29. The van der Waals surface area contributed by atoms with E-state index in [9.17, 15) is 22.0 Å². The largest absolute Gasteiger partial charge is 0.353 e. The summed E-state index contributed by atoms with van der Waals surface area (Å²) in [5.41, 5.74) is -0.680. The van der Waals surface area contributed by atoms with E-state index < -0.39 is 46.4 Å². The van der Waals surface area contributed by atoms with Gasteiger partial charge in [0.2, 0.25) is 5.82 Å². The Morgan fingerprint density at radius 2 is 1.34 bits per heavy atom. The monoisotopic (exact) mass is 464 g/mol. The molecule has 0 saturated heterocycles. The highest BCUT2D eigenvalue weighted by molar-refractivity contribution is 5.28. The second-order valence-corrected chi connectivity index (χ2v) is 9.19. The quantitative estimate of drug-likeness (QED) is 0.102.